The topological polar surface area (TPSA) is 59.5 Å². The van der Waals surface area contributed by atoms with Crippen LogP contribution in [-0.2, 0) is 0 Å². The van der Waals surface area contributed by atoms with Crippen LogP contribution in [0.3, 0.4) is 0 Å². The number of rotatable bonds is 2. The van der Waals surface area contributed by atoms with Crippen molar-refractivity contribution < 1.29 is 0 Å². The van der Waals surface area contributed by atoms with Crippen LogP contribution in [0.4, 0.5) is 5.82 Å². The fourth-order valence-electron chi connectivity index (χ4n) is 2.03. The Hall–Kier alpha value is -1.62. The van der Waals surface area contributed by atoms with E-state index in [4.69, 9.17) is 5.73 Å². The van der Waals surface area contributed by atoms with Crippen molar-refractivity contribution in [1.82, 2.24) is 14.6 Å². The molecule has 0 aromatic carbocycles. The molecule has 0 bridgehead atoms. The molecule has 5 nitrogen and oxygen atoms in total. The lowest BCUT2D eigenvalue weighted by Gasteiger charge is -2.41. The van der Waals surface area contributed by atoms with Gasteiger partial charge < -0.3 is 10.6 Å². The van der Waals surface area contributed by atoms with Gasteiger partial charge in [0.25, 0.3) is 0 Å². The Kier molecular flexibility index (Phi) is 1.85. The first-order valence-corrected chi connectivity index (χ1v) is 5.15. The summed E-state index contributed by atoms with van der Waals surface area (Å²) in [6.07, 6.45) is 6.59. The highest BCUT2D eigenvalue weighted by molar-refractivity contribution is 5.69. The molecule has 5 heteroatoms. The minimum Gasteiger partial charge on any atom is -0.350 e. The maximum Gasteiger partial charge on any atom is 0.154 e. The van der Waals surface area contributed by atoms with Crippen molar-refractivity contribution in [2.24, 2.45) is 5.73 Å². The molecule has 1 aliphatic rings. The van der Waals surface area contributed by atoms with Crippen LogP contribution in [0.1, 0.15) is 6.42 Å². The highest BCUT2D eigenvalue weighted by Crippen LogP contribution is 2.27. The predicted octanol–water partition coefficient (Wildman–Crippen LogP) is 0.267. The highest BCUT2D eigenvalue weighted by Gasteiger charge is 2.29. The summed E-state index contributed by atoms with van der Waals surface area (Å²) in [5.74, 6) is 0.997. The van der Waals surface area contributed by atoms with Gasteiger partial charge in [-0.1, -0.05) is 0 Å². The molecule has 1 aliphatic heterocycles. The second-order valence-corrected chi connectivity index (χ2v) is 3.78. The number of aromatic nitrogens is 3. The van der Waals surface area contributed by atoms with Crippen molar-refractivity contribution in [3.63, 3.8) is 0 Å². The standard InChI is InChI=1S/C10H13N5/c11-7-8-2-5-14(8)10-9-1-3-13-15(9)6-4-12-10/h1,3-4,6,8H,2,5,7,11H2. The quantitative estimate of drug-likeness (QED) is 0.761. The van der Waals surface area contributed by atoms with Crippen molar-refractivity contribution in [3.05, 3.63) is 24.7 Å². The minimum atomic E-state index is 0.443. The van der Waals surface area contributed by atoms with Gasteiger partial charge in [0, 0.05) is 31.5 Å². The second kappa shape index (κ2) is 3.20. The number of anilines is 1. The van der Waals surface area contributed by atoms with Crippen LogP contribution in [0.25, 0.3) is 5.52 Å². The monoisotopic (exact) mass is 203 g/mol. The Bertz CT molecular complexity index is 475. The molecule has 78 valence electrons. The largest absolute Gasteiger partial charge is 0.350 e. The summed E-state index contributed by atoms with van der Waals surface area (Å²) >= 11 is 0. The van der Waals surface area contributed by atoms with Crippen molar-refractivity contribution in [2.75, 3.05) is 18.0 Å². The van der Waals surface area contributed by atoms with E-state index in [0.717, 1.165) is 24.3 Å². The Morgan fingerprint density at radius 3 is 3.13 bits per heavy atom. The summed E-state index contributed by atoms with van der Waals surface area (Å²) in [5.41, 5.74) is 6.74. The third-order valence-electron chi connectivity index (χ3n) is 2.99. The number of hydrogen-bond acceptors (Lipinski definition) is 4. The summed E-state index contributed by atoms with van der Waals surface area (Å²) in [7, 11) is 0. The Morgan fingerprint density at radius 1 is 1.47 bits per heavy atom. The highest BCUT2D eigenvalue weighted by atomic mass is 15.3. The van der Waals surface area contributed by atoms with Gasteiger partial charge in [0.1, 0.15) is 5.52 Å². The van der Waals surface area contributed by atoms with Gasteiger partial charge >= 0.3 is 0 Å². The van der Waals surface area contributed by atoms with Gasteiger partial charge in [-0.15, -0.1) is 0 Å². The van der Waals surface area contributed by atoms with E-state index >= 15 is 0 Å². The molecule has 15 heavy (non-hydrogen) atoms. The molecule has 0 spiro atoms. The van der Waals surface area contributed by atoms with Gasteiger partial charge in [-0.2, -0.15) is 5.10 Å². The molecule has 2 N–H and O–H groups in total. The maximum absolute atomic E-state index is 5.69. The molecular formula is C10H13N5. The van der Waals surface area contributed by atoms with Crippen LogP contribution >= 0.6 is 0 Å². The second-order valence-electron chi connectivity index (χ2n) is 3.78. The predicted molar refractivity (Wildman–Crippen MR) is 57.8 cm³/mol. The number of nitrogens with two attached hydrogens (primary N) is 1. The zero-order valence-electron chi connectivity index (χ0n) is 8.37. The van der Waals surface area contributed by atoms with E-state index < -0.39 is 0 Å². The van der Waals surface area contributed by atoms with E-state index in [2.05, 4.69) is 15.0 Å². The van der Waals surface area contributed by atoms with E-state index in [1.54, 1.807) is 12.4 Å². The average molecular weight is 203 g/mol. The number of nitrogens with zero attached hydrogens (tertiary/aromatic N) is 4. The minimum absolute atomic E-state index is 0.443. The normalized spacial score (nSPS) is 20.6. The Morgan fingerprint density at radius 2 is 2.40 bits per heavy atom. The van der Waals surface area contributed by atoms with E-state index in [0.29, 0.717) is 12.6 Å². The molecule has 1 unspecified atom stereocenters. The molecule has 1 saturated heterocycles. The van der Waals surface area contributed by atoms with E-state index in [-0.39, 0.29) is 0 Å². The SMILES string of the molecule is NCC1CCN1c1nccn2nccc12. The average Bonchev–Trinajstić information content (AvgIpc) is 2.65. The molecule has 3 heterocycles. The molecule has 1 atom stereocenters. The number of hydrogen-bond donors (Lipinski definition) is 1. The molecule has 1 fully saturated rings. The van der Waals surface area contributed by atoms with Gasteiger partial charge in [0.05, 0.1) is 6.20 Å². The Balaban J connectivity index is 2.06. The van der Waals surface area contributed by atoms with Crippen molar-refractivity contribution in [3.8, 4) is 0 Å². The molecule has 0 amide bonds. The molecule has 3 rings (SSSR count). The summed E-state index contributed by atoms with van der Waals surface area (Å²) in [6, 6.07) is 2.42. The number of fused-ring (bicyclic) bond motifs is 1. The first-order chi connectivity index (χ1) is 7.40. The lowest BCUT2D eigenvalue weighted by molar-refractivity contribution is 0.452. The van der Waals surface area contributed by atoms with Gasteiger partial charge in [0.2, 0.25) is 0 Å². The van der Waals surface area contributed by atoms with Crippen LogP contribution in [-0.4, -0.2) is 33.7 Å². The fourth-order valence-corrected chi connectivity index (χ4v) is 2.03. The van der Waals surface area contributed by atoms with Crippen LogP contribution in [0.15, 0.2) is 24.7 Å². The summed E-state index contributed by atoms with van der Waals surface area (Å²) < 4.78 is 1.84. The first-order valence-electron chi connectivity index (χ1n) is 5.15. The Labute approximate surface area is 87.5 Å². The van der Waals surface area contributed by atoms with E-state index in [1.165, 1.54) is 0 Å². The molecule has 0 aliphatic carbocycles. The molecular weight excluding hydrogens is 190 g/mol. The maximum atomic E-state index is 5.69. The molecule has 2 aromatic rings. The van der Waals surface area contributed by atoms with E-state index in [9.17, 15) is 0 Å². The zero-order chi connectivity index (χ0) is 10.3. The molecule has 2 aromatic heterocycles. The van der Waals surface area contributed by atoms with Crippen LogP contribution in [0, 0.1) is 0 Å². The van der Waals surface area contributed by atoms with E-state index in [1.807, 2.05) is 16.8 Å². The van der Waals surface area contributed by atoms with Crippen molar-refractivity contribution in [2.45, 2.75) is 12.5 Å². The molecule has 0 radical (unpaired) electrons. The van der Waals surface area contributed by atoms with Crippen molar-refractivity contribution >= 4 is 11.3 Å². The lowest BCUT2D eigenvalue weighted by atomic mass is 10.0. The third kappa shape index (κ3) is 1.20. The fraction of sp³-hybridized carbons (Fsp3) is 0.400. The summed E-state index contributed by atoms with van der Waals surface area (Å²) in [4.78, 5) is 6.66. The third-order valence-corrected chi connectivity index (χ3v) is 2.99. The summed E-state index contributed by atoms with van der Waals surface area (Å²) in [5, 5.41) is 4.19. The van der Waals surface area contributed by atoms with Crippen LogP contribution in [0.2, 0.25) is 0 Å². The summed E-state index contributed by atoms with van der Waals surface area (Å²) in [6.45, 7) is 1.73. The van der Waals surface area contributed by atoms with Crippen LogP contribution in [0.5, 0.6) is 0 Å². The lowest BCUT2D eigenvalue weighted by Crippen LogP contribution is -2.52. The van der Waals surface area contributed by atoms with Gasteiger partial charge in [-0.3, -0.25) is 0 Å². The smallest absolute Gasteiger partial charge is 0.154 e. The first kappa shape index (κ1) is 8.67. The molecule has 0 saturated carbocycles. The van der Waals surface area contributed by atoms with Crippen molar-refractivity contribution in [1.29, 1.82) is 0 Å². The van der Waals surface area contributed by atoms with Gasteiger partial charge in [-0.25, -0.2) is 9.50 Å². The van der Waals surface area contributed by atoms with Gasteiger partial charge in [-0.05, 0) is 12.5 Å². The van der Waals surface area contributed by atoms with Gasteiger partial charge in [0.15, 0.2) is 5.82 Å². The van der Waals surface area contributed by atoms with Crippen LogP contribution < -0.4 is 10.6 Å². The zero-order valence-corrected chi connectivity index (χ0v) is 8.37.